The molecule has 1 heterocycles. The predicted molar refractivity (Wildman–Crippen MR) is 97.7 cm³/mol. The van der Waals surface area contributed by atoms with Gasteiger partial charge in [0, 0.05) is 30.0 Å². The van der Waals surface area contributed by atoms with Crippen LogP contribution in [0.1, 0.15) is 37.3 Å². The fraction of sp³-hybridized carbons (Fsp3) is 0.588. The van der Waals surface area contributed by atoms with E-state index in [4.69, 9.17) is 0 Å². The first-order valence-corrected chi connectivity index (χ1v) is 8.66. The molecule has 1 unspecified atom stereocenters. The van der Waals surface area contributed by atoms with Crippen LogP contribution in [0.3, 0.4) is 0 Å². The third kappa shape index (κ3) is 5.25. The Morgan fingerprint density at radius 1 is 1.45 bits per heavy atom. The van der Waals surface area contributed by atoms with Crippen molar-refractivity contribution < 1.29 is 4.79 Å². The van der Waals surface area contributed by atoms with Crippen molar-refractivity contribution in [1.82, 2.24) is 10.2 Å². The van der Waals surface area contributed by atoms with Gasteiger partial charge in [0.05, 0.1) is 0 Å². The van der Waals surface area contributed by atoms with E-state index < -0.39 is 0 Å². The van der Waals surface area contributed by atoms with Gasteiger partial charge < -0.3 is 10.2 Å². The molecule has 1 aliphatic heterocycles. The molecule has 0 aliphatic carbocycles. The monoisotopic (exact) mass is 388 g/mol. The highest BCUT2D eigenvalue weighted by atomic mass is 79.9. The van der Waals surface area contributed by atoms with E-state index in [1.807, 2.05) is 0 Å². The summed E-state index contributed by atoms with van der Waals surface area (Å²) in [5, 5.41) is 3.35. The summed E-state index contributed by atoms with van der Waals surface area (Å²) in [6.45, 7) is 7.08. The van der Waals surface area contributed by atoms with Gasteiger partial charge in [0.25, 0.3) is 0 Å². The second kappa shape index (κ2) is 9.53. The fourth-order valence-electron chi connectivity index (χ4n) is 2.91. The first kappa shape index (κ1) is 19.5. The summed E-state index contributed by atoms with van der Waals surface area (Å²) in [4.78, 5) is 14.6. The van der Waals surface area contributed by atoms with Gasteiger partial charge in [-0.15, -0.1) is 12.4 Å². The zero-order valence-corrected chi connectivity index (χ0v) is 15.8. The minimum absolute atomic E-state index is 0. The molecule has 1 aromatic rings. The molecule has 1 amide bonds. The van der Waals surface area contributed by atoms with Crippen molar-refractivity contribution >= 4 is 34.2 Å². The lowest BCUT2D eigenvalue weighted by molar-refractivity contribution is -0.133. The molecule has 0 radical (unpaired) electrons. The molecule has 0 saturated carbocycles. The smallest absolute Gasteiger partial charge is 0.223 e. The van der Waals surface area contributed by atoms with E-state index in [2.05, 4.69) is 58.2 Å². The fourth-order valence-corrected chi connectivity index (χ4v) is 3.16. The molecule has 1 fully saturated rings. The van der Waals surface area contributed by atoms with Crippen molar-refractivity contribution in [2.75, 3.05) is 19.6 Å². The average Bonchev–Trinajstić information content (AvgIpc) is 2.99. The number of aryl methyl sites for hydroxylation is 2. The van der Waals surface area contributed by atoms with Gasteiger partial charge in [-0.25, -0.2) is 0 Å². The number of carbonyl (C=O) groups is 1. The van der Waals surface area contributed by atoms with Crippen LogP contribution in [0.15, 0.2) is 22.7 Å². The van der Waals surface area contributed by atoms with Crippen LogP contribution in [0.5, 0.6) is 0 Å². The lowest BCUT2D eigenvalue weighted by Crippen LogP contribution is -2.42. The Morgan fingerprint density at radius 3 is 2.82 bits per heavy atom. The third-order valence-corrected chi connectivity index (χ3v) is 5.00. The number of halogens is 2. The quantitative estimate of drug-likeness (QED) is 0.804. The topological polar surface area (TPSA) is 32.3 Å². The summed E-state index contributed by atoms with van der Waals surface area (Å²) in [5.74, 6) is 0.297. The van der Waals surface area contributed by atoms with Crippen molar-refractivity contribution in [3.63, 3.8) is 0 Å². The van der Waals surface area contributed by atoms with Crippen LogP contribution >= 0.6 is 28.3 Å². The van der Waals surface area contributed by atoms with Crippen LogP contribution < -0.4 is 5.32 Å². The number of carbonyl (C=O) groups excluding carboxylic acids is 1. The Hall–Kier alpha value is -0.580. The van der Waals surface area contributed by atoms with Crippen molar-refractivity contribution in [2.24, 2.45) is 0 Å². The molecule has 5 heteroatoms. The summed E-state index contributed by atoms with van der Waals surface area (Å²) in [5.41, 5.74) is 2.47. The molecule has 1 saturated heterocycles. The first-order chi connectivity index (χ1) is 10.1. The highest BCUT2D eigenvalue weighted by Crippen LogP contribution is 2.19. The number of hydrogen-bond donors (Lipinski definition) is 1. The van der Waals surface area contributed by atoms with Gasteiger partial charge in [-0.05, 0) is 49.9 Å². The molecule has 22 heavy (non-hydrogen) atoms. The summed E-state index contributed by atoms with van der Waals surface area (Å²) in [7, 11) is 0. The highest BCUT2D eigenvalue weighted by Gasteiger charge is 2.25. The largest absolute Gasteiger partial charge is 0.338 e. The van der Waals surface area contributed by atoms with E-state index in [1.165, 1.54) is 11.1 Å². The summed E-state index contributed by atoms with van der Waals surface area (Å²) in [6, 6.07) is 6.73. The van der Waals surface area contributed by atoms with Gasteiger partial charge in [-0.1, -0.05) is 35.0 Å². The number of amides is 1. The number of nitrogens with zero attached hydrogens (tertiary/aromatic N) is 1. The third-order valence-electron chi connectivity index (χ3n) is 4.11. The molecular formula is C17H26BrClN2O. The van der Waals surface area contributed by atoms with Crippen LogP contribution in [0.4, 0.5) is 0 Å². The molecule has 2 rings (SSSR count). The Labute approximate surface area is 148 Å². The Bertz CT molecular complexity index is 490. The number of benzene rings is 1. The van der Waals surface area contributed by atoms with E-state index in [1.54, 1.807) is 0 Å². The molecule has 124 valence electrons. The molecule has 0 spiro atoms. The SMILES string of the molecule is CCCN(C(=O)CCc1ccc(Br)c(C)c1)C1CCNC1.Cl. The lowest BCUT2D eigenvalue weighted by Gasteiger charge is -2.28. The second-order valence-electron chi connectivity index (χ2n) is 5.82. The molecule has 0 bridgehead atoms. The van der Waals surface area contributed by atoms with E-state index in [-0.39, 0.29) is 12.4 Å². The van der Waals surface area contributed by atoms with Crippen molar-refractivity contribution in [3.8, 4) is 0 Å². The zero-order valence-electron chi connectivity index (χ0n) is 13.4. The van der Waals surface area contributed by atoms with E-state index >= 15 is 0 Å². The zero-order chi connectivity index (χ0) is 15.2. The highest BCUT2D eigenvalue weighted by molar-refractivity contribution is 9.10. The molecule has 0 aromatic heterocycles. The van der Waals surface area contributed by atoms with Crippen LogP contribution in [0, 0.1) is 6.92 Å². The van der Waals surface area contributed by atoms with Crippen LogP contribution in [-0.4, -0.2) is 36.5 Å². The van der Waals surface area contributed by atoms with Crippen molar-refractivity contribution in [2.45, 2.75) is 45.6 Å². The molecule has 1 N–H and O–H groups in total. The lowest BCUT2D eigenvalue weighted by atomic mass is 10.1. The van der Waals surface area contributed by atoms with E-state index in [9.17, 15) is 4.79 Å². The molecular weight excluding hydrogens is 364 g/mol. The molecule has 3 nitrogen and oxygen atoms in total. The molecule has 1 aliphatic rings. The average molecular weight is 390 g/mol. The van der Waals surface area contributed by atoms with E-state index in [0.717, 1.165) is 43.4 Å². The first-order valence-electron chi connectivity index (χ1n) is 7.87. The Kier molecular flexibility index (Phi) is 8.44. The Morgan fingerprint density at radius 2 is 2.23 bits per heavy atom. The van der Waals surface area contributed by atoms with Gasteiger partial charge in [-0.2, -0.15) is 0 Å². The Balaban J connectivity index is 0.00000242. The maximum atomic E-state index is 12.5. The molecule has 1 atom stereocenters. The van der Waals surface area contributed by atoms with Crippen molar-refractivity contribution in [1.29, 1.82) is 0 Å². The van der Waals surface area contributed by atoms with Gasteiger partial charge in [0.2, 0.25) is 5.91 Å². The number of rotatable bonds is 6. The van der Waals surface area contributed by atoms with Gasteiger partial charge in [-0.3, -0.25) is 4.79 Å². The minimum Gasteiger partial charge on any atom is -0.338 e. The van der Waals surface area contributed by atoms with Gasteiger partial charge >= 0.3 is 0 Å². The number of hydrogen-bond acceptors (Lipinski definition) is 2. The van der Waals surface area contributed by atoms with E-state index in [0.29, 0.717) is 18.4 Å². The van der Waals surface area contributed by atoms with Crippen molar-refractivity contribution in [3.05, 3.63) is 33.8 Å². The summed E-state index contributed by atoms with van der Waals surface area (Å²) < 4.78 is 1.13. The normalized spacial score (nSPS) is 17.1. The molecule has 1 aromatic carbocycles. The standard InChI is InChI=1S/C17H25BrN2O.ClH/c1-3-10-20(15-8-9-19-12-15)17(21)7-5-14-4-6-16(18)13(2)11-14;/h4,6,11,15,19H,3,5,7-10,12H2,1-2H3;1H. The number of nitrogens with one attached hydrogen (secondary N) is 1. The van der Waals surface area contributed by atoms with Crippen LogP contribution in [-0.2, 0) is 11.2 Å². The van der Waals surface area contributed by atoms with Crippen LogP contribution in [0.25, 0.3) is 0 Å². The maximum Gasteiger partial charge on any atom is 0.223 e. The van der Waals surface area contributed by atoms with Gasteiger partial charge in [0.1, 0.15) is 0 Å². The van der Waals surface area contributed by atoms with Gasteiger partial charge in [0.15, 0.2) is 0 Å². The predicted octanol–water partition coefficient (Wildman–Crippen LogP) is 3.71. The second-order valence-corrected chi connectivity index (χ2v) is 6.67. The maximum absolute atomic E-state index is 12.5. The minimum atomic E-state index is 0. The summed E-state index contributed by atoms with van der Waals surface area (Å²) in [6.07, 6.45) is 3.55. The van der Waals surface area contributed by atoms with Crippen LogP contribution in [0.2, 0.25) is 0 Å². The summed E-state index contributed by atoms with van der Waals surface area (Å²) >= 11 is 3.52.